The van der Waals surface area contributed by atoms with Crippen molar-refractivity contribution in [2.24, 2.45) is 0 Å². The molecule has 1 aromatic rings. The van der Waals surface area contributed by atoms with Crippen LogP contribution in [0.15, 0.2) is 12.1 Å². The lowest BCUT2D eigenvalue weighted by molar-refractivity contribution is 0.0410. The summed E-state index contributed by atoms with van der Waals surface area (Å²) in [4.78, 5) is 11.7. The maximum Gasteiger partial charge on any atom is 0.314 e. The molecule has 0 aliphatic heterocycles. The van der Waals surface area contributed by atoms with E-state index in [4.69, 9.17) is 14.2 Å². The zero-order chi connectivity index (χ0) is 16.9. The number of carbonyl (C=O) groups is 1. The summed E-state index contributed by atoms with van der Waals surface area (Å²) in [6, 6.07) is 3.33. The number of hydrogen-bond donors (Lipinski definition) is 3. The Morgan fingerprint density at radius 1 is 1.22 bits per heavy atom. The second-order valence-corrected chi connectivity index (χ2v) is 5.50. The number of benzene rings is 1. The topological polar surface area (TPSA) is 89.1 Å². The first-order valence-corrected chi connectivity index (χ1v) is 7.52. The number of amides is 2. The number of fused-ring (bicyclic) bond motifs is 1. The predicted octanol–water partition coefficient (Wildman–Crippen LogP) is 0.783. The Morgan fingerprint density at radius 2 is 1.91 bits per heavy atom. The second-order valence-electron chi connectivity index (χ2n) is 5.50. The lowest BCUT2D eigenvalue weighted by Crippen LogP contribution is -2.44. The molecule has 0 heterocycles. The van der Waals surface area contributed by atoms with E-state index >= 15 is 0 Å². The highest BCUT2D eigenvalue weighted by molar-refractivity contribution is 5.74. The molecular weight excluding hydrogens is 300 g/mol. The molecule has 0 fully saturated rings. The van der Waals surface area contributed by atoms with Crippen molar-refractivity contribution in [2.45, 2.75) is 18.4 Å². The van der Waals surface area contributed by atoms with Crippen LogP contribution in [0.3, 0.4) is 0 Å². The molecule has 0 spiro atoms. The van der Waals surface area contributed by atoms with Crippen molar-refractivity contribution in [1.82, 2.24) is 10.6 Å². The highest BCUT2D eigenvalue weighted by atomic mass is 16.5. The molecule has 2 amide bonds. The van der Waals surface area contributed by atoms with E-state index in [1.54, 1.807) is 27.4 Å². The van der Waals surface area contributed by atoms with E-state index in [-0.39, 0.29) is 12.6 Å². The first-order chi connectivity index (χ1) is 11.0. The number of methoxy groups -OCH3 is 3. The minimum atomic E-state index is -1.10. The molecule has 128 valence electrons. The lowest BCUT2D eigenvalue weighted by atomic mass is 9.95. The maximum atomic E-state index is 11.7. The largest absolute Gasteiger partial charge is 0.493 e. The van der Waals surface area contributed by atoms with E-state index < -0.39 is 5.60 Å². The minimum Gasteiger partial charge on any atom is -0.493 e. The van der Waals surface area contributed by atoms with Gasteiger partial charge in [-0.3, -0.25) is 0 Å². The van der Waals surface area contributed by atoms with Gasteiger partial charge in [-0.15, -0.1) is 0 Å². The van der Waals surface area contributed by atoms with Gasteiger partial charge in [0.2, 0.25) is 0 Å². The second kappa shape index (κ2) is 7.52. The summed E-state index contributed by atoms with van der Waals surface area (Å²) < 4.78 is 15.4. The van der Waals surface area contributed by atoms with Gasteiger partial charge in [0.1, 0.15) is 5.60 Å². The number of rotatable bonds is 7. The van der Waals surface area contributed by atoms with Gasteiger partial charge in [0.15, 0.2) is 11.5 Å². The smallest absolute Gasteiger partial charge is 0.314 e. The molecule has 1 aliphatic rings. The van der Waals surface area contributed by atoms with Gasteiger partial charge in [0.25, 0.3) is 0 Å². The molecule has 1 atom stereocenters. The van der Waals surface area contributed by atoms with Crippen molar-refractivity contribution in [3.63, 3.8) is 0 Å². The lowest BCUT2D eigenvalue weighted by Gasteiger charge is -2.25. The number of nitrogens with one attached hydrogen (secondary N) is 2. The van der Waals surface area contributed by atoms with Crippen LogP contribution < -0.4 is 20.1 Å². The summed E-state index contributed by atoms with van der Waals surface area (Å²) in [5.41, 5.74) is 0.673. The minimum absolute atomic E-state index is 0.133. The SMILES string of the molecule is COCCNC(=O)NCC1(O)CCc2cc(OC)c(OC)cc21. The molecule has 1 aromatic carbocycles. The fraction of sp³-hybridized carbons (Fsp3) is 0.562. The predicted molar refractivity (Wildman–Crippen MR) is 85.0 cm³/mol. The molecule has 1 unspecified atom stereocenters. The molecule has 0 aromatic heterocycles. The third-order valence-electron chi connectivity index (χ3n) is 4.05. The molecule has 23 heavy (non-hydrogen) atoms. The normalized spacial score (nSPS) is 19.1. The Hall–Kier alpha value is -1.99. The third-order valence-corrected chi connectivity index (χ3v) is 4.05. The van der Waals surface area contributed by atoms with Gasteiger partial charge >= 0.3 is 6.03 Å². The molecule has 2 rings (SSSR count). The molecule has 0 saturated carbocycles. The number of carbonyl (C=O) groups excluding carboxylic acids is 1. The van der Waals surface area contributed by atoms with Crippen LogP contribution in [-0.4, -0.2) is 52.2 Å². The van der Waals surface area contributed by atoms with Gasteiger partial charge in [-0.25, -0.2) is 4.79 Å². The molecule has 0 radical (unpaired) electrons. The van der Waals surface area contributed by atoms with E-state index in [2.05, 4.69) is 10.6 Å². The van der Waals surface area contributed by atoms with Gasteiger partial charge in [-0.1, -0.05) is 0 Å². The van der Waals surface area contributed by atoms with E-state index in [1.165, 1.54) is 0 Å². The number of aliphatic hydroxyl groups is 1. The van der Waals surface area contributed by atoms with E-state index in [0.29, 0.717) is 31.1 Å². The fourth-order valence-electron chi connectivity index (χ4n) is 2.78. The average molecular weight is 324 g/mol. The van der Waals surface area contributed by atoms with Gasteiger partial charge in [0.05, 0.1) is 27.4 Å². The number of urea groups is 1. The Balaban J connectivity index is 2.06. The zero-order valence-corrected chi connectivity index (χ0v) is 13.8. The zero-order valence-electron chi connectivity index (χ0n) is 13.8. The van der Waals surface area contributed by atoms with Crippen LogP contribution in [0.2, 0.25) is 0 Å². The molecule has 7 nitrogen and oxygen atoms in total. The Labute approximate surface area is 135 Å². The molecule has 1 aliphatic carbocycles. The Kier molecular flexibility index (Phi) is 5.68. The van der Waals surface area contributed by atoms with Gasteiger partial charge < -0.3 is 30.0 Å². The summed E-state index contributed by atoms with van der Waals surface area (Å²) in [5.74, 6) is 1.21. The summed E-state index contributed by atoms with van der Waals surface area (Å²) in [6.07, 6.45) is 1.26. The van der Waals surface area contributed by atoms with Crippen molar-refractivity contribution >= 4 is 6.03 Å². The molecule has 0 saturated heterocycles. The number of hydrogen-bond acceptors (Lipinski definition) is 5. The highest BCUT2D eigenvalue weighted by Gasteiger charge is 2.38. The maximum absolute atomic E-state index is 11.7. The summed E-state index contributed by atoms with van der Waals surface area (Å²) in [6.45, 7) is 0.994. The van der Waals surface area contributed by atoms with Crippen LogP contribution in [0.5, 0.6) is 11.5 Å². The Bertz CT molecular complexity index is 564. The fourth-order valence-corrected chi connectivity index (χ4v) is 2.78. The summed E-state index contributed by atoms with van der Waals surface area (Å²) in [5, 5.41) is 16.2. The summed E-state index contributed by atoms with van der Waals surface area (Å²) in [7, 11) is 4.70. The molecule has 3 N–H and O–H groups in total. The van der Waals surface area contributed by atoms with E-state index in [9.17, 15) is 9.90 Å². The van der Waals surface area contributed by atoms with E-state index in [1.807, 2.05) is 6.07 Å². The quantitative estimate of drug-likeness (QED) is 0.645. The third kappa shape index (κ3) is 3.86. The van der Waals surface area contributed by atoms with Crippen LogP contribution in [0.1, 0.15) is 17.5 Å². The molecular formula is C16H24N2O5. The van der Waals surface area contributed by atoms with Crippen LogP contribution in [0.4, 0.5) is 4.79 Å². The monoisotopic (exact) mass is 324 g/mol. The van der Waals surface area contributed by atoms with Gasteiger partial charge in [-0.05, 0) is 36.1 Å². The van der Waals surface area contributed by atoms with Crippen molar-refractivity contribution in [2.75, 3.05) is 41.0 Å². The summed E-state index contributed by atoms with van der Waals surface area (Å²) >= 11 is 0. The van der Waals surface area contributed by atoms with Crippen molar-refractivity contribution in [3.05, 3.63) is 23.3 Å². The van der Waals surface area contributed by atoms with Crippen molar-refractivity contribution in [1.29, 1.82) is 0 Å². The number of aryl methyl sites for hydroxylation is 1. The van der Waals surface area contributed by atoms with Gasteiger partial charge in [-0.2, -0.15) is 0 Å². The van der Waals surface area contributed by atoms with Crippen molar-refractivity contribution in [3.8, 4) is 11.5 Å². The highest BCUT2D eigenvalue weighted by Crippen LogP contribution is 2.42. The van der Waals surface area contributed by atoms with Crippen LogP contribution >= 0.6 is 0 Å². The Morgan fingerprint density at radius 3 is 2.57 bits per heavy atom. The first kappa shape index (κ1) is 17.4. The molecule has 0 bridgehead atoms. The van der Waals surface area contributed by atoms with Crippen LogP contribution in [-0.2, 0) is 16.8 Å². The molecule has 7 heteroatoms. The van der Waals surface area contributed by atoms with E-state index in [0.717, 1.165) is 17.5 Å². The standard InChI is InChI=1S/C16H24N2O5/c1-21-7-6-17-15(19)18-10-16(20)5-4-11-8-13(22-2)14(23-3)9-12(11)16/h8-9,20H,4-7,10H2,1-3H3,(H2,17,18,19). The average Bonchev–Trinajstić information content (AvgIpc) is 2.89. The van der Waals surface area contributed by atoms with Crippen molar-refractivity contribution < 1.29 is 24.1 Å². The van der Waals surface area contributed by atoms with Crippen LogP contribution in [0, 0.1) is 0 Å². The van der Waals surface area contributed by atoms with Gasteiger partial charge in [0, 0.05) is 13.7 Å². The number of ether oxygens (including phenoxy) is 3. The van der Waals surface area contributed by atoms with Crippen LogP contribution in [0.25, 0.3) is 0 Å². The first-order valence-electron chi connectivity index (χ1n) is 7.52.